The monoisotopic (exact) mass is 234 g/mol. The first kappa shape index (κ1) is 11.1. The van der Waals surface area contributed by atoms with Gasteiger partial charge in [-0.25, -0.2) is 4.98 Å². The molecule has 0 atom stereocenters. The van der Waals surface area contributed by atoms with Crippen LogP contribution in [0, 0.1) is 6.92 Å². The van der Waals surface area contributed by atoms with Crippen LogP contribution in [0.5, 0.6) is 0 Å². The van der Waals surface area contributed by atoms with Gasteiger partial charge in [0, 0.05) is 25.4 Å². The molecular weight excluding hydrogens is 220 g/mol. The van der Waals surface area contributed by atoms with E-state index in [0.717, 1.165) is 23.7 Å². The second kappa shape index (κ2) is 5.07. The van der Waals surface area contributed by atoms with E-state index < -0.39 is 0 Å². The minimum atomic E-state index is 0.243. The van der Waals surface area contributed by atoms with E-state index in [0.29, 0.717) is 6.42 Å². The molecule has 0 fully saturated rings. The van der Waals surface area contributed by atoms with Crippen LogP contribution in [-0.4, -0.2) is 15.3 Å². The maximum atomic E-state index is 11.7. The Morgan fingerprint density at radius 3 is 3.06 bits per heavy atom. The zero-order chi connectivity index (χ0) is 11.4. The van der Waals surface area contributed by atoms with Crippen LogP contribution in [0.15, 0.2) is 29.9 Å². The third-order valence-electron chi connectivity index (χ3n) is 2.52. The van der Waals surface area contributed by atoms with Crippen LogP contribution in [0.25, 0.3) is 0 Å². The number of rotatable bonds is 5. The Hall–Kier alpha value is -1.42. The normalized spacial score (nSPS) is 10.6. The van der Waals surface area contributed by atoms with Crippen molar-refractivity contribution in [2.75, 3.05) is 0 Å². The van der Waals surface area contributed by atoms with Gasteiger partial charge in [-0.1, -0.05) is 6.07 Å². The van der Waals surface area contributed by atoms with Crippen molar-refractivity contribution in [3.05, 3.63) is 40.6 Å². The number of ketones is 1. The van der Waals surface area contributed by atoms with Crippen molar-refractivity contribution in [3.63, 3.8) is 0 Å². The third-order valence-corrected chi connectivity index (χ3v) is 3.43. The van der Waals surface area contributed by atoms with Gasteiger partial charge in [0.2, 0.25) is 0 Å². The van der Waals surface area contributed by atoms with Crippen LogP contribution in [-0.2, 0) is 6.54 Å². The number of carbonyl (C=O) groups is 1. The first-order chi connectivity index (χ1) is 7.77. The molecule has 2 aromatic heterocycles. The summed E-state index contributed by atoms with van der Waals surface area (Å²) in [5.41, 5.74) is 0. The van der Waals surface area contributed by atoms with Gasteiger partial charge in [-0.15, -0.1) is 11.3 Å². The summed E-state index contributed by atoms with van der Waals surface area (Å²) < 4.78 is 2.07. The molecule has 0 spiro atoms. The Morgan fingerprint density at radius 2 is 2.44 bits per heavy atom. The number of hydrogen-bond acceptors (Lipinski definition) is 3. The molecule has 0 aliphatic carbocycles. The second-order valence-electron chi connectivity index (χ2n) is 3.67. The van der Waals surface area contributed by atoms with E-state index in [4.69, 9.17) is 0 Å². The van der Waals surface area contributed by atoms with Crippen molar-refractivity contribution >= 4 is 17.1 Å². The van der Waals surface area contributed by atoms with Crippen LogP contribution in [0.1, 0.15) is 28.3 Å². The molecule has 84 valence electrons. The molecular formula is C12H14N2OS. The van der Waals surface area contributed by atoms with Crippen LogP contribution >= 0.6 is 11.3 Å². The highest BCUT2D eigenvalue weighted by molar-refractivity contribution is 7.12. The van der Waals surface area contributed by atoms with Crippen LogP contribution < -0.4 is 0 Å². The molecule has 0 saturated carbocycles. The van der Waals surface area contributed by atoms with Crippen LogP contribution in [0.2, 0.25) is 0 Å². The summed E-state index contributed by atoms with van der Waals surface area (Å²) in [4.78, 5) is 16.7. The van der Waals surface area contributed by atoms with Gasteiger partial charge in [0.25, 0.3) is 0 Å². The van der Waals surface area contributed by atoms with Gasteiger partial charge < -0.3 is 4.57 Å². The van der Waals surface area contributed by atoms with Gasteiger partial charge in [0.15, 0.2) is 5.78 Å². The van der Waals surface area contributed by atoms with Crippen molar-refractivity contribution in [2.24, 2.45) is 0 Å². The molecule has 2 heterocycles. The number of aromatic nitrogens is 2. The average molecular weight is 234 g/mol. The summed E-state index contributed by atoms with van der Waals surface area (Å²) >= 11 is 1.51. The molecule has 0 aliphatic heterocycles. The minimum Gasteiger partial charge on any atom is -0.335 e. The molecule has 2 aromatic rings. The highest BCUT2D eigenvalue weighted by Gasteiger charge is 2.06. The Morgan fingerprint density at radius 1 is 1.56 bits per heavy atom. The largest absolute Gasteiger partial charge is 0.335 e. The fourth-order valence-corrected chi connectivity index (χ4v) is 2.30. The number of imidazole rings is 1. The second-order valence-corrected chi connectivity index (χ2v) is 4.62. The van der Waals surface area contributed by atoms with Gasteiger partial charge in [-0.3, -0.25) is 4.79 Å². The quantitative estimate of drug-likeness (QED) is 0.745. The third kappa shape index (κ3) is 2.58. The first-order valence-electron chi connectivity index (χ1n) is 5.32. The number of aryl methyl sites for hydroxylation is 2. The summed E-state index contributed by atoms with van der Waals surface area (Å²) in [7, 11) is 0. The van der Waals surface area contributed by atoms with Gasteiger partial charge in [-0.05, 0) is 24.8 Å². The molecule has 0 aromatic carbocycles. The predicted molar refractivity (Wildman–Crippen MR) is 64.8 cm³/mol. The van der Waals surface area contributed by atoms with Crippen molar-refractivity contribution in [1.29, 1.82) is 0 Å². The van der Waals surface area contributed by atoms with E-state index in [1.165, 1.54) is 11.3 Å². The Balaban J connectivity index is 1.81. The maximum Gasteiger partial charge on any atom is 0.172 e. The average Bonchev–Trinajstić information content (AvgIpc) is 2.90. The Bertz CT molecular complexity index is 459. The fourth-order valence-electron chi connectivity index (χ4n) is 1.61. The SMILES string of the molecule is Cc1nccn1CCCC(=O)c1cccs1. The molecule has 2 rings (SSSR count). The lowest BCUT2D eigenvalue weighted by Crippen LogP contribution is -2.03. The van der Waals surface area contributed by atoms with Crippen molar-refractivity contribution in [3.8, 4) is 0 Å². The number of Topliss-reactive ketones (excluding diaryl/α,β-unsaturated/α-hetero) is 1. The zero-order valence-corrected chi connectivity index (χ0v) is 10.0. The Labute approximate surface area is 98.8 Å². The smallest absolute Gasteiger partial charge is 0.172 e. The van der Waals surface area contributed by atoms with Crippen LogP contribution in [0.4, 0.5) is 0 Å². The van der Waals surface area contributed by atoms with E-state index in [9.17, 15) is 4.79 Å². The number of carbonyl (C=O) groups excluding carboxylic acids is 1. The van der Waals surface area contributed by atoms with E-state index in [2.05, 4.69) is 9.55 Å². The summed E-state index contributed by atoms with van der Waals surface area (Å²) in [6.07, 6.45) is 5.22. The van der Waals surface area contributed by atoms with Gasteiger partial charge >= 0.3 is 0 Å². The maximum absolute atomic E-state index is 11.7. The lowest BCUT2D eigenvalue weighted by molar-refractivity contribution is 0.0982. The summed E-state index contributed by atoms with van der Waals surface area (Å²) in [6, 6.07) is 3.80. The number of nitrogens with zero attached hydrogens (tertiary/aromatic N) is 2. The fraction of sp³-hybridized carbons (Fsp3) is 0.333. The molecule has 0 amide bonds. The molecule has 16 heavy (non-hydrogen) atoms. The van der Waals surface area contributed by atoms with Gasteiger partial charge in [0.05, 0.1) is 4.88 Å². The van der Waals surface area contributed by atoms with E-state index in [1.807, 2.05) is 30.6 Å². The van der Waals surface area contributed by atoms with E-state index in [1.54, 1.807) is 6.20 Å². The van der Waals surface area contributed by atoms with Crippen LogP contribution in [0.3, 0.4) is 0 Å². The molecule has 4 heteroatoms. The van der Waals surface area contributed by atoms with Crippen molar-refractivity contribution in [1.82, 2.24) is 9.55 Å². The van der Waals surface area contributed by atoms with E-state index >= 15 is 0 Å². The molecule has 3 nitrogen and oxygen atoms in total. The van der Waals surface area contributed by atoms with Gasteiger partial charge in [-0.2, -0.15) is 0 Å². The standard InChI is InChI=1S/C12H14N2OS/c1-10-13-6-8-14(10)7-2-4-11(15)12-5-3-9-16-12/h3,5-6,8-9H,2,4,7H2,1H3. The predicted octanol–water partition coefficient (Wildman–Crippen LogP) is 2.92. The van der Waals surface area contributed by atoms with Crippen molar-refractivity contribution < 1.29 is 4.79 Å². The Kier molecular flexibility index (Phi) is 3.51. The first-order valence-corrected chi connectivity index (χ1v) is 6.20. The minimum absolute atomic E-state index is 0.243. The summed E-state index contributed by atoms with van der Waals surface area (Å²) in [5, 5.41) is 1.94. The molecule has 0 aliphatic rings. The summed E-state index contributed by atoms with van der Waals surface area (Å²) in [6.45, 7) is 2.84. The van der Waals surface area contributed by atoms with Crippen molar-refractivity contribution in [2.45, 2.75) is 26.3 Å². The number of hydrogen-bond donors (Lipinski definition) is 0. The molecule has 0 unspecified atom stereocenters. The summed E-state index contributed by atoms with van der Waals surface area (Å²) in [5.74, 6) is 1.25. The zero-order valence-electron chi connectivity index (χ0n) is 9.22. The lowest BCUT2D eigenvalue weighted by atomic mass is 10.2. The topological polar surface area (TPSA) is 34.9 Å². The highest BCUT2D eigenvalue weighted by Crippen LogP contribution is 2.12. The highest BCUT2D eigenvalue weighted by atomic mass is 32.1. The molecule has 0 saturated heterocycles. The lowest BCUT2D eigenvalue weighted by Gasteiger charge is -2.03. The molecule has 0 bridgehead atoms. The van der Waals surface area contributed by atoms with E-state index in [-0.39, 0.29) is 5.78 Å². The number of thiophene rings is 1. The van der Waals surface area contributed by atoms with Gasteiger partial charge in [0.1, 0.15) is 5.82 Å². The molecule has 0 radical (unpaired) electrons. The molecule has 0 N–H and O–H groups in total.